The molecule has 0 saturated heterocycles. The zero-order valence-electron chi connectivity index (χ0n) is 18.7. The first-order chi connectivity index (χ1) is 16.6. The van der Waals surface area contributed by atoms with E-state index in [1.165, 1.54) is 56.6 Å². The molecule has 3 rings (SSSR count). The Morgan fingerprint density at radius 2 is 1.80 bits per heavy atom. The zero-order chi connectivity index (χ0) is 25.6. The lowest BCUT2D eigenvalue weighted by atomic mass is 10.2. The predicted molar refractivity (Wildman–Crippen MR) is 133 cm³/mol. The summed E-state index contributed by atoms with van der Waals surface area (Å²) >= 11 is 5.84. The number of rotatable bonds is 9. The number of halogens is 1. The van der Waals surface area contributed by atoms with Crippen LogP contribution in [0.15, 0.2) is 76.7 Å². The zero-order valence-corrected chi connectivity index (χ0v) is 20.3. The number of nitrogens with zero attached hydrogens (tertiary/aromatic N) is 3. The van der Waals surface area contributed by atoms with Gasteiger partial charge in [-0.3, -0.25) is 19.2 Å². The molecule has 0 unspecified atom stereocenters. The third kappa shape index (κ3) is 6.34. The molecule has 1 amide bonds. The Labute approximate surface area is 207 Å². The Bertz CT molecular complexity index is 1360. The number of carbonyl (C=O) groups excluding carboxylic acids is 1. The third-order valence-electron chi connectivity index (χ3n) is 4.89. The first-order valence-corrected chi connectivity index (χ1v) is 11.9. The molecule has 1 N–H and O–H groups in total. The fourth-order valence-electron chi connectivity index (χ4n) is 3.03. The number of amides is 1. The quantitative estimate of drug-likeness (QED) is 0.260. The molecule has 3 aromatic rings. The van der Waals surface area contributed by atoms with E-state index in [1.54, 1.807) is 24.3 Å². The molecule has 0 aliphatic carbocycles. The summed E-state index contributed by atoms with van der Waals surface area (Å²) in [5.74, 6) is -0.245. The van der Waals surface area contributed by atoms with Gasteiger partial charge < -0.3 is 4.74 Å². The minimum atomic E-state index is -4.36. The Balaban J connectivity index is 1.91. The average molecular weight is 517 g/mol. The van der Waals surface area contributed by atoms with Gasteiger partial charge in [-0.2, -0.15) is 5.10 Å². The fraction of sp³-hybridized carbons (Fsp3) is 0.130. The number of anilines is 1. The molecule has 0 aliphatic heterocycles. The van der Waals surface area contributed by atoms with E-state index in [2.05, 4.69) is 10.5 Å². The van der Waals surface area contributed by atoms with Gasteiger partial charge in [0.05, 0.1) is 28.8 Å². The van der Waals surface area contributed by atoms with Gasteiger partial charge in [0.2, 0.25) is 0 Å². The van der Waals surface area contributed by atoms with Crippen molar-refractivity contribution in [3.63, 3.8) is 0 Å². The summed E-state index contributed by atoms with van der Waals surface area (Å²) < 4.78 is 32.9. The molecule has 12 heteroatoms. The van der Waals surface area contributed by atoms with Gasteiger partial charge in [0.15, 0.2) is 0 Å². The van der Waals surface area contributed by atoms with Crippen molar-refractivity contribution >= 4 is 45.1 Å². The molecule has 182 valence electrons. The average Bonchev–Trinajstić information content (AvgIpc) is 2.83. The number of nitrogens with one attached hydrogen (secondary N) is 1. The maximum Gasteiger partial charge on any atom is 0.273 e. The van der Waals surface area contributed by atoms with Crippen LogP contribution in [0.1, 0.15) is 11.1 Å². The van der Waals surface area contributed by atoms with Crippen LogP contribution in [0.3, 0.4) is 0 Å². The standard InChI is InChI=1S/C23H21ClN4O6S/c1-16-3-12-21(13-22(16)28(30)31)35(32,33)27(19-8-10-20(34-2)11-9-19)15-23(29)26-25-14-17-4-6-18(24)7-5-17/h3-14H,15H2,1-2H3,(H,26,29)/b25-14-. The highest BCUT2D eigenvalue weighted by Crippen LogP contribution is 2.29. The topological polar surface area (TPSA) is 131 Å². The molecule has 0 atom stereocenters. The first-order valence-electron chi connectivity index (χ1n) is 10.1. The lowest BCUT2D eigenvalue weighted by Crippen LogP contribution is -2.39. The van der Waals surface area contributed by atoms with Crippen LogP contribution >= 0.6 is 11.6 Å². The van der Waals surface area contributed by atoms with Crippen molar-refractivity contribution in [2.75, 3.05) is 18.0 Å². The second-order valence-corrected chi connectivity index (χ2v) is 9.56. The Kier molecular flexibility index (Phi) is 8.05. The molecule has 0 aromatic heterocycles. The molecule has 10 nitrogen and oxygen atoms in total. The van der Waals surface area contributed by atoms with Gasteiger partial charge in [-0.25, -0.2) is 13.8 Å². The predicted octanol–water partition coefficient (Wildman–Crippen LogP) is 3.91. The molecule has 0 spiro atoms. The van der Waals surface area contributed by atoms with Gasteiger partial charge in [0, 0.05) is 16.7 Å². The molecule has 0 aliphatic rings. The number of methoxy groups -OCH3 is 1. The maximum absolute atomic E-state index is 13.5. The van der Waals surface area contributed by atoms with Gasteiger partial charge in [-0.05, 0) is 55.0 Å². The number of carbonyl (C=O) groups is 1. The normalized spacial score (nSPS) is 11.3. The molecule has 3 aromatic carbocycles. The van der Waals surface area contributed by atoms with Crippen LogP contribution in [-0.4, -0.2) is 39.1 Å². The molecular formula is C23H21ClN4O6S. The highest BCUT2D eigenvalue weighted by molar-refractivity contribution is 7.92. The first kappa shape index (κ1) is 25.7. The van der Waals surface area contributed by atoms with Gasteiger partial charge in [0.25, 0.3) is 21.6 Å². The molecule has 0 bridgehead atoms. The monoisotopic (exact) mass is 516 g/mol. The summed E-state index contributed by atoms with van der Waals surface area (Å²) in [7, 11) is -2.90. The summed E-state index contributed by atoms with van der Waals surface area (Å²) in [5.41, 5.74) is 3.07. The van der Waals surface area contributed by atoms with Crippen LogP contribution < -0.4 is 14.5 Å². The van der Waals surface area contributed by atoms with Gasteiger partial charge in [-0.1, -0.05) is 29.8 Å². The van der Waals surface area contributed by atoms with E-state index in [-0.39, 0.29) is 16.3 Å². The number of sulfonamides is 1. The van der Waals surface area contributed by atoms with Crippen LogP contribution in [-0.2, 0) is 14.8 Å². The smallest absolute Gasteiger partial charge is 0.273 e. The number of hydrazone groups is 1. The lowest BCUT2D eigenvalue weighted by Gasteiger charge is -2.24. The van der Waals surface area contributed by atoms with E-state index in [4.69, 9.17) is 16.3 Å². The second kappa shape index (κ2) is 11.0. The van der Waals surface area contributed by atoms with Gasteiger partial charge in [-0.15, -0.1) is 0 Å². The van der Waals surface area contributed by atoms with Crippen molar-refractivity contribution in [3.05, 3.63) is 93.0 Å². The third-order valence-corrected chi connectivity index (χ3v) is 6.91. The highest BCUT2D eigenvalue weighted by Gasteiger charge is 2.29. The maximum atomic E-state index is 13.5. The number of hydrogen-bond donors (Lipinski definition) is 1. The molecule has 0 heterocycles. The van der Waals surface area contributed by atoms with Crippen molar-refractivity contribution < 1.29 is 22.9 Å². The Hall–Kier alpha value is -3.96. The number of hydrogen-bond acceptors (Lipinski definition) is 7. The summed E-state index contributed by atoms with van der Waals surface area (Å²) in [6.45, 7) is 0.871. The summed E-state index contributed by atoms with van der Waals surface area (Å²) in [5, 5.41) is 15.7. The van der Waals surface area contributed by atoms with E-state index >= 15 is 0 Å². The van der Waals surface area contributed by atoms with E-state index in [9.17, 15) is 23.3 Å². The SMILES string of the molecule is COc1ccc(N(CC(=O)N/N=C\c2ccc(Cl)cc2)S(=O)(=O)c2ccc(C)c([N+](=O)[O-])c2)cc1. The number of nitro benzene ring substituents is 1. The van der Waals surface area contributed by atoms with Crippen molar-refractivity contribution in [2.24, 2.45) is 5.10 Å². The Morgan fingerprint density at radius 1 is 1.14 bits per heavy atom. The van der Waals surface area contributed by atoms with Crippen LogP contribution in [0.4, 0.5) is 11.4 Å². The molecule has 35 heavy (non-hydrogen) atoms. The van der Waals surface area contributed by atoms with E-state index in [0.717, 1.165) is 10.4 Å². The molecule has 0 fully saturated rings. The Morgan fingerprint density at radius 3 is 2.40 bits per heavy atom. The highest BCUT2D eigenvalue weighted by atomic mass is 35.5. The number of benzene rings is 3. The molecule has 0 saturated carbocycles. The number of nitro groups is 1. The van der Waals surface area contributed by atoms with Crippen LogP contribution in [0.25, 0.3) is 0 Å². The minimum absolute atomic E-state index is 0.158. The van der Waals surface area contributed by atoms with Crippen molar-refractivity contribution in [1.82, 2.24) is 5.43 Å². The van der Waals surface area contributed by atoms with Crippen molar-refractivity contribution in [3.8, 4) is 5.75 Å². The van der Waals surface area contributed by atoms with Crippen LogP contribution in [0, 0.1) is 17.0 Å². The minimum Gasteiger partial charge on any atom is -0.497 e. The number of aryl methyl sites for hydroxylation is 1. The van der Waals surface area contributed by atoms with Crippen LogP contribution in [0.5, 0.6) is 5.75 Å². The van der Waals surface area contributed by atoms with E-state index in [0.29, 0.717) is 21.9 Å². The largest absolute Gasteiger partial charge is 0.497 e. The van der Waals surface area contributed by atoms with Crippen molar-refractivity contribution in [2.45, 2.75) is 11.8 Å². The number of ether oxygens (including phenoxy) is 1. The van der Waals surface area contributed by atoms with E-state index < -0.39 is 27.4 Å². The van der Waals surface area contributed by atoms with E-state index in [1.807, 2.05) is 0 Å². The molecular weight excluding hydrogens is 496 g/mol. The van der Waals surface area contributed by atoms with Crippen LogP contribution in [0.2, 0.25) is 5.02 Å². The second-order valence-electron chi connectivity index (χ2n) is 7.26. The van der Waals surface area contributed by atoms with Gasteiger partial charge >= 0.3 is 0 Å². The van der Waals surface area contributed by atoms with Crippen molar-refractivity contribution in [1.29, 1.82) is 0 Å². The summed E-state index contributed by atoms with van der Waals surface area (Å²) in [6.07, 6.45) is 1.38. The van der Waals surface area contributed by atoms with Gasteiger partial charge in [0.1, 0.15) is 12.3 Å². The summed E-state index contributed by atoms with van der Waals surface area (Å²) in [6, 6.07) is 16.3. The molecule has 0 radical (unpaired) electrons. The lowest BCUT2D eigenvalue weighted by molar-refractivity contribution is -0.385. The fourth-order valence-corrected chi connectivity index (χ4v) is 4.60. The summed E-state index contributed by atoms with van der Waals surface area (Å²) in [4.78, 5) is 23.0.